The summed E-state index contributed by atoms with van der Waals surface area (Å²) in [4.78, 5) is 0. The lowest BCUT2D eigenvalue weighted by Gasteiger charge is -2.07. The minimum absolute atomic E-state index is 0.827. The van der Waals surface area contributed by atoms with Crippen molar-refractivity contribution in [1.82, 2.24) is 15.5 Å². The van der Waals surface area contributed by atoms with Crippen LogP contribution in [0.3, 0.4) is 0 Å². The number of benzene rings is 1. The molecule has 0 aliphatic heterocycles. The molecule has 0 fully saturated rings. The quantitative estimate of drug-likeness (QED) is 0.821. The van der Waals surface area contributed by atoms with E-state index in [9.17, 15) is 0 Å². The molecule has 0 unspecified atom stereocenters. The third kappa shape index (κ3) is 2.70. The van der Waals surface area contributed by atoms with Gasteiger partial charge in [0.2, 0.25) is 0 Å². The molecule has 0 aliphatic rings. The number of nitrogens with zero attached hydrogens (tertiary/aromatic N) is 1. The lowest BCUT2D eigenvalue weighted by atomic mass is 10.1. The number of H-pyrrole nitrogens is 1. The van der Waals surface area contributed by atoms with Crippen molar-refractivity contribution in [3.63, 3.8) is 0 Å². The Morgan fingerprint density at radius 2 is 2.06 bits per heavy atom. The summed E-state index contributed by atoms with van der Waals surface area (Å²) in [6, 6.07) is 8.53. The van der Waals surface area contributed by atoms with Crippen molar-refractivity contribution in [3.8, 4) is 0 Å². The second-order valence-corrected chi connectivity index (χ2v) is 4.12. The number of aromatic amines is 1. The molecule has 0 bridgehead atoms. The molecule has 1 aromatic carbocycles. The highest BCUT2D eigenvalue weighted by atomic mass is 15.1. The van der Waals surface area contributed by atoms with E-state index in [4.69, 9.17) is 0 Å². The first-order valence-corrected chi connectivity index (χ1v) is 5.51. The van der Waals surface area contributed by atoms with Gasteiger partial charge in [-0.2, -0.15) is 5.10 Å². The van der Waals surface area contributed by atoms with Crippen LogP contribution in [0.25, 0.3) is 0 Å². The van der Waals surface area contributed by atoms with Gasteiger partial charge in [-0.15, -0.1) is 0 Å². The normalized spacial score (nSPS) is 10.6. The van der Waals surface area contributed by atoms with Crippen LogP contribution in [0, 0.1) is 13.8 Å². The Bertz CT molecular complexity index is 446. The minimum atomic E-state index is 0.827. The predicted molar refractivity (Wildman–Crippen MR) is 65.0 cm³/mol. The fourth-order valence-electron chi connectivity index (χ4n) is 1.76. The van der Waals surface area contributed by atoms with Gasteiger partial charge in [0.15, 0.2) is 0 Å². The van der Waals surface area contributed by atoms with Crippen molar-refractivity contribution in [1.29, 1.82) is 0 Å². The van der Waals surface area contributed by atoms with Crippen LogP contribution in [-0.2, 0) is 13.1 Å². The van der Waals surface area contributed by atoms with Crippen molar-refractivity contribution in [2.75, 3.05) is 0 Å². The van der Waals surface area contributed by atoms with E-state index in [2.05, 4.69) is 47.6 Å². The van der Waals surface area contributed by atoms with Crippen LogP contribution in [0.15, 0.2) is 30.5 Å². The summed E-state index contributed by atoms with van der Waals surface area (Å²) in [7, 11) is 0. The van der Waals surface area contributed by atoms with Crippen molar-refractivity contribution < 1.29 is 0 Å². The summed E-state index contributed by atoms with van der Waals surface area (Å²) in [6.07, 6.45) is 1.77. The molecule has 2 aromatic rings. The lowest BCUT2D eigenvalue weighted by Crippen LogP contribution is -2.13. The Kier molecular flexibility index (Phi) is 3.37. The van der Waals surface area contributed by atoms with Crippen LogP contribution in [0.2, 0.25) is 0 Å². The van der Waals surface area contributed by atoms with E-state index in [1.807, 2.05) is 6.07 Å². The molecule has 16 heavy (non-hydrogen) atoms. The third-order valence-corrected chi connectivity index (χ3v) is 2.69. The average Bonchev–Trinajstić information content (AvgIpc) is 2.74. The maximum absolute atomic E-state index is 3.91. The maximum atomic E-state index is 3.91. The number of aryl methyl sites for hydroxylation is 2. The molecule has 0 spiro atoms. The summed E-state index contributed by atoms with van der Waals surface area (Å²) in [5.41, 5.74) is 5.13. The number of nitrogens with one attached hydrogen (secondary N) is 2. The molecule has 0 aliphatic carbocycles. The molecule has 3 heteroatoms. The zero-order chi connectivity index (χ0) is 11.4. The first kappa shape index (κ1) is 10.9. The fourth-order valence-corrected chi connectivity index (χ4v) is 1.76. The van der Waals surface area contributed by atoms with Crippen LogP contribution < -0.4 is 5.32 Å². The Morgan fingerprint density at radius 3 is 2.75 bits per heavy atom. The molecule has 0 atom stereocenters. The van der Waals surface area contributed by atoms with E-state index in [-0.39, 0.29) is 0 Å². The summed E-state index contributed by atoms with van der Waals surface area (Å²) in [5, 5.41) is 10.2. The first-order valence-electron chi connectivity index (χ1n) is 5.51. The van der Waals surface area contributed by atoms with Gasteiger partial charge in [0.1, 0.15) is 0 Å². The van der Waals surface area contributed by atoms with Crippen LogP contribution in [0.5, 0.6) is 0 Å². The monoisotopic (exact) mass is 215 g/mol. The molecule has 2 rings (SSSR count). The summed E-state index contributed by atoms with van der Waals surface area (Å²) in [6.45, 7) is 5.99. The highest BCUT2D eigenvalue weighted by Gasteiger charge is 1.98. The second kappa shape index (κ2) is 4.94. The molecule has 0 saturated heterocycles. The minimum Gasteiger partial charge on any atom is -0.307 e. The second-order valence-electron chi connectivity index (χ2n) is 4.12. The van der Waals surface area contributed by atoms with Crippen molar-refractivity contribution in [2.24, 2.45) is 0 Å². The van der Waals surface area contributed by atoms with Gasteiger partial charge >= 0.3 is 0 Å². The Hall–Kier alpha value is -1.61. The highest BCUT2D eigenvalue weighted by Crippen LogP contribution is 2.10. The van der Waals surface area contributed by atoms with Crippen molar-refractivity contribution >= 4 is 0 Å². The van der Waals surface area contributed by atoms with Crippen molar-refractivity contribution in [3.05, 3.63) is 52.8 Å². The van der Waals surface area contributed by atoms with E-state index >= 15 is 0 Å². The number of hydrogen-bond donors (Lipinski definition) is 2. The molecule has 0 radical (unpaired) electrons. The van der Waals surface area contributed by atoms with Gasteiger partial charge < -0.3 is 5.32 Å². The maximum Gasteiger partial charge on any atom is 0.0490 e. The van der Waals surface area contributed by atoms with Gasteiger partial charge in [-0.3, -0.25) is 5.10 Å². The van der Waals surface area contributed by atoms with Crippen LogP contribution in [-0.4, -0.2) is 10.2 Å². The molecular weight excluding hydrogens is 198 g/mol. The Balaban J connectivity index is 1.90. The standard InChI is InChI=1S/C13H17N3/c1-10-3-4-12(11(2)7-10)8-14-9-13-5-6-15-16-13/h3-7,14H,8-9H2,1-2H3,(H,15,16). The molecule has 84 valence electrons. The fraction of sp³-hybridized carbons (Fsp3) is 0.308. The molecule has 2 N–H and O–H groups in total. The van der Waals surface area contributed by atoms with Crippen molar-refractivity contribution in [2.45, 2.75) is 26.9 Å². The number of aromatic nitrogens is 2. The van der Waals surface area contributed by atoms with E-state index in [1.165, 1.54) is 16.7 Å². The number of hydrogen-bond acceptors (Lipinski definition) is 2. The smallest absolute Gasteiger partial charge is 0.0490 e. The van der Waals surface area contributed by atoms with Crippen LogP contribution in [0.4, 0.5) is 0 Å². The molecule has 1 aromatic heterocycles. The molecular formula is C13H17N3. The zero-order valence-corrected chi connectivity index (χ0v) is 9.75. The lowest BCUT2D eigenvalue weighted by molar-refractivity contribution is 0.675. The van der Waals surface area contributed by atoms with E-state index in [0.717, 1.165) is 18.8 Å². The van der Waals surface area contributed by atoms with Gasteiger partial charge in [0, 0.05) is 25.0 Å². The van der Waals surface area contributed by atoms with Crippen LogP contribution >= 0.6 is 0 Å². The predicted octanol–water partition coefficient (Wildman–Crippen LogP) is 2.32. The molecule has 3 nitrogen and oxygen atoms in total. The SMILES string of the molecule is Cc1ccc(CNCc2ccn[nH]2)c(C)c1. The van der Waals surface area contributed by atoms with Gasteiger partial charge in [-0.1, -0.05) is 23.8 Å². The summed E-state index contributed by atoms with van der Waals surface area (Å²) < 4.78 is 0. The van der Waals surface area contributed by atoms with E-state index in [1.54, 1.807) is 6.20 Å². The van der Waals surface area contributed by atoms with Gasteiger partial charge in [-0.05, 0) is 31.0 Å². The zero-order valence-electron chi connectivity index (χ0n) is 9.75. The third-order valence-electron chi connectivity index (χ3n) is 2.69. The Labute approximate surface area is 95.9 Å². The van der Waals surface area contributed by atoms with Crippen LogP contribution in [0.1, 0.15) is 22.4 Å². The molecule has 1 heterocycles. The molecule has 0 amide bonds. The highest BCUT2D eigenvalue weighted by molar-refractivity contribution is 5.30. The van der Waals surface area contributed by atoms with Gasteiger partial charge in [-0.25, -0.2) is 0 Å². The van der Waals surface area contributed by atoms with Gasteiger partial charge in [0.25, 0.3) is 0 Å². The van der Waals surface area contributed by atoms with Gasteiger partial charge in [0.05, 0.1) is 0 Å². The summed E-state index contributed by atoms with van der Waals surface area (Å²) >= 11 is 0. The Morgan fingerprint density at radius 1 is 1.19 bits per heavy atom. The molecule has 0 saturated carbocycles. The topological polar surface area (TPSA) is 40.7 Å². The largest absolute Gasteiger partial charge is 0.307 e. The van der Waals surface area contributed by atoms with E-state index < -0.39 is 0 Å². The first-order chi connectivity index (χ1) is 7.75. The summed E-state index contributed by atoms with van der Waals surface area (Å²) in [5.74, 6) is 0. The average molecular weight is 215 g/mol. The number of rotatable bonds is 4. The van der Waals surface area contributed by atoms with E-state index in [0.29, 0.717) is 0 Å².